The fourth-order valence-corrected chi connectivity index (χ4v) is 3.25. The van der Waals surface area contributed by atoms with Gasteiger partial charge in [0.1, 0.15) is 0 Å². The van der Waals surface area contributed by atoms with E-state index in [0.29, 0.717) is 35.2 Å². The summed E-state index contributed by atoms with van der Waals surface area (Å²) in [5.41, 5.74) is 2.45. The normalized spacial score (nSPS) is 12.1. The molecule has 2 aromatic carbocycles. The molecule has 0 saturated carbocycles. The van der Waals surface area contributed by atoms with E-state index in [-0.39, 0.29) is 5.78 Å². The van der Waals surface area contributed by atoms with Crippen molar-refractivity contribution in [2.45, 2.75) is 33.8 Å². The summed E-state index contributed by atoms with van der Waals surface area (Å²) in [6, 6.07) is 12.4. The second-order valence-electron chi connectivity index (χ2n) is 7.65. The van der Waals surface area contributed by atoms with Gasteiger partial charge in [-0.2, -0.15) is 0 Å². The van der Waals surface area contributed by atoms with Crippen molar-refractivity contribution >= 4 is 22.7 Å². The third kappa shape index (κ3) is 4.48. The molecule has 0 saturated heterocycles. The molecule has 0 amide bonds. The minimum absolute atomic E-state index is 0.248. The Balaban J connectivity index is 1.76. The largest absolute Gasteiger partial charge is 0.493 e. The Morgan fingerprint density at radius 3 is 2.47 bits per heavy atom. The molecule has 0 aliphatic heterocycles. The topological polar surface area (TPSA) is 77.6 Å². The molecule has 6 heteroatoms. The van der Waals surface area contributed by atoms with Crippen LogP contribution in [0, 0.1) is 12.8 Å². The maximum atomic E-state index is 13.0. The zero-order chi connectivity index (χ0) is 21.8. The number of nitrogens with one attached hydrogen (secondary N) is 1. The summed E-state index contributed by atoms with van der Waals surface area (Å²) in [6.45, 7) is 8.05. The van der Waals surface area contributed by atoms with Gasteiger partial charge < -0.3 is 19.2 Å². The lowest BCUT2D eigenvalue weighted by atomic mass is 10.0. The number of aromatic nitrogens is 1. The van der Waals surface area contributed by atoms with Crippen LogP contribution >= 0.6 is 0 Å². The molecule has 3 rings (SSSR count). The Bertz CT molecular complexity index is 1070. The van der Waals surface area contributed by atoms with Gasteiger partial charge in [0.25, 0.3) is 0 Å². The van der Waals surface area contributed by atoms with Crippen molar-refractivity contribution in [3.8, 4) is 11.5 Å². The van der Waals surface area contributed by atoms with Crippen molar-refractivity contribution in [1.29, 1.82) is 0 Å². The quantitative estimate of drug-likeness (QED) is 0.421. The second kappa shape index (κ2) is 9.03. The van der Waals surface area contributed by atoms with E-state index in [1.165, 1.54) is 7.11 Å². The zero-order valence-electron chi connectivity index (χ0n) is 17.9. The number of Topliss-reactive ketones (excluding diaryl/α,β-unsaturated/α-hetero) is 1. The summed E-state index contributed by atoms with van der Waals surface area (Å²) < 4.78 is 16.5. The first-order valence-corrected chi connectivity index (χ1v) is 9.95. The Labute approximate surface area is 176 Å². The number of rotatable bonds is 8. The molecule has 1 heterocycles. The SMILES string of the molecule is COc1cc(C(=O)OC(C)C(=O)c2c(C)[nH]c3ccccc23)ccc1OCC(C)C. The summed E-state index contributed by atoms with van der Waals surface area (Å²) in [6.07, 6.45) is -0.932. The van der Waals surface area contributed by atoms with E-state index in [0.717, 1.165) is 16.6 Å². The van der Waals surface area contributed by atoms with Gasteiger partial charge in [0, 0.05) is 22.2 Å². The lowest BCUT2D eigenvalue weighted by molar-refractivity contribution is 0.0318. The summed E-state index contributed by atoms with van der Waals surface area (Å²) in [7, 11) is 1.51. The number of esters is 1. The predicted molar refractivity (Wildman–Crippen MR) is 116 cm³/mol. The molecular weight excluding hydrogens is 382 g/mol. The average Bonchev–Trinajstić information content (AvgIpc) is 3.06. The highest BCUT2D eigenvalue weighted by molar-refractivity contribution is 6.11. The van der Waals surface area contributed by atoms with Crippen LogP contribution < -0.4 is 9.47 Å². The van der Waals surface area contributed by atoms with Gasteiger partial charge in [0.2, 0.25) is 5.78 Å². The smallest absolute Gasteiger partial charge is 0.338 e. The highest BCUT2D eigenvalue weighted by atomic mass is 16.5. The average molecular weight is 409 g/mol. The van der Waals surface area contributed by atoms with Crippen molar-refractivity contribution in [3.05, 3.63) is 59.3 Å². The van der Waals surface area contributed by atoms with Gasteiger partial charge in [0.05, 0.1) is 19.3 Å². The number of methoxy groups -OCH3 is 1. The Kier molecular flexibility index (Phi) is 6.45. The number of ether oxygens (including phenoxy) is 3. The minimum atomic E-state index is -0.932. The molecule has 1 N–H and O–H groups in total. The third-order valence-electron chi connectivity index (χ3n) is 4.76. The van der Waals surface area contributed by atoms with E-state index in [4.69, 9.17) is 14.2 Å². The first-order chi connectivity index (χ1) is 14.3. The number of hydrogen-bond donors (Lipinski definition) is 1. The molecule has 1 unspecified atom stereocenters. The number of H-pyrrole nitrogens is 1. The van der Waals surface area contributed by atoms with Crippen molar-refractivity contribution < 1.29 is 23.8 Å². The van der Waals surface area contributed by atoms with Gasteiger partial charge in [-0.3, -0.25) is 4.79 Å². The van der Waals surface area contributed by atoms with E-state index in [9.17, 15) is 9.59 Å². The molecule has 0 fully saturated rings. The number of para-hydroxylation sites is 1. The van der Waals surface area contributed by atoms with Crippen LogP contribution in [0.2, 0.25) is 0 Å². The van der Waals surface area contributed by atoms with E-state index >= 15 is 0 Å². The summed E-state index contributed by atoms with van der Waals surface area (Å²) >= 11 is 0. The summed E-state index contributed by atoms with van der Waals surface area (Å²) in [5.74, 6) is 0.515. The molecule has 30 heavy (non-hydrogen) atoms. The molecule has 0 aliphatic carbocycles. The van der Waals surface area contributed by atoms with Crippen molar-refractivity contribution in [2.24, 2.45) is 5.92 Å². The fourth-order valence-electron chi connectivity index (χ4n) is 3.25. The number of aryl methyl sites for hydroxylation is 1. The van der Waals surface area contributed by atoms with Crippen LogP contribution in [-0.2, 0) is 4.74 Å². The second-order valence-corrected chi connectivity index (χ2v) is 7.65. The van der Waals surface area contributed by atoms with Crippen LogP contribution in [0.5, 0.6) is 11.5 Å². The molecule has 1 atom stereocenters. The van der Waals surface area contributed by atoms with Gasteiger partial charge >= 0.3 is 5.97 Å². The van der Waals surface area contributed by atoms with E-state index < -0.39 is 12.1 Å². The predicted octanol–water partition coefficient (Wildman–Crippen LogP) is 4.95. The first kappa shape index (κ1) is 21.4. The summed E-state index contributed by atoms with van der Waals surface area (Å²) in [4.78, 5) is 28.8. The van der Waals surface area contributed by atoms with Crippen LogP contribution in [-0.4, -0.2) is 36.6 Å². The standard InChI is InChI=1S/C24H27NO5/c1-14(2)13-29-20-11-10-17(12-21(20)28-5)24(27)30-16(4)23(26)22-15(3)25-19-9-7-6-8-18(19)22/h6-12,14,16,25H,13H2,1-5H3. The summed E-state index contributed by atoms with van der Waals surface area (Å²) in [5, 5.41) is 0.816. The third-order valence-corrected chi connectivity index (χ3v) is 4.76. The zero-order valence-corrected chi connectivity index (χ0v) is 17.9. The Morgan fingerprint density at radius 1 is 1.03 bits per heavy atom. The van der Waals surface area contributed by atoms with Gasteiger partial charge in [-0.15, -0.1) is 0 Å². The number of carbonyl (C=O) groups excluding carboxylic acids is 2. The van der Waals surface area contributed by atoms with Crippen LogP contribution in [0.3, 0.4) is 0 Å². The molecule has 3 aromatic rings. The molecule has 0 radical (unpaired) electrons. The molecule has 1 aromatic heterocycles. The molecule has 0 aliphatic rings. The van der Waals surface area contributed by atoms with Crippen molar-refractivity contribution in [2.75, 3.05) is 13.7 Å². The lowest BCUT2D eigenvalue weighted by Gasteiger charge is -2.15. The number of ketones is 1. The van der Waals surface area contributed by atoms with E-state index in [2.05, 4.69) is 4.98 Å². The van der Waals surface area contributed by atoms with Crippen LogP contribution in [0.4, 0.5) is 0 Å². The van der Waals surface area contributed by atoms with Gasteiger partial charge in [-0.25, -0.2) is 4.79 Å². The highest BCUT2D eigenvalue weighted by Gasteiger charge is 2.25. The Hall–Kier alpha value is -3.28. The van der Waals surface area contributed by atoms with Gasteiger partial charge in [0.15, 0.2) is 17.6 Å². The molecule has 158 valence electrons. The van der Waals surface area contributed by atoms with Crippen LogP contribution in [0.15, 0.2) is 42.5 Å². The number of fused-ring (bicyclic) bond motifs is 1. The number of carbonyl (C=O) groups is 2. The van der Waals surface area contributed by atoms with E-state index in [1.807, 2.05) is 45.0 Å². The molecule has 0 spiro atoms. The molecule has 6 nitrogen and oxygen atoms in total. The van der Waals surface area contributed by atoms with E-state index in [1.54, 1.807) is 25.1 Å². The maximum absolute atomic E-state index is 13.0. The number of hydrogen-bond acceptors (Lipinski definition) is 5. The number of benzene rings is 2. The monoisotopic (exact) mass is 409 g/mol. The van der Waals surface area contributed by atoms with Crippen molar-refractivity contribution in [3.63, 3.8) is 0 Å². The van der Waals surface area contributed by atoms with Crippen LogP contribution in [0.1, 0.15) is 47.2 Å². The minimum Gasteiger partial charge on any atom is -0.493 e. The molecular formula is C24H27NO5. The highest BCUT2D eigenvalue weighted by Crippen LogP contribution is 2.29. The maximum Gasteiger partial charge on any atom is 0.338 e. The fraction of sp³-hybridized carbons (Fsp3) is 0.333. The lowest BCUT2D eigenvalue weighted by Crippen LogP contribution is -2.25. The van der Waals surface area contributed by atoms with Gasteiger partial charge in [-0.1, -0.05) is 32.0 Å². The molecule has 0 bridgehead atoms. The van der Waals surface area contributed by atoms with Crippen molar-refractivity contribution in [1.82, 2.24) is 4.98 Å². The number of aromatic amines is 1. The first-order valence-electron chi connectivity index (χ1n) is 9.95. The van der Waals surface area contributed by atoms with Gasteiger partial charge in [-0.05, 0) is 44.0 Å². The Morgan fingerprint density at radius 2 is 1.77 bits per heavy atom. The van der Waals surface area contributed by atoms with Crippen LogP contribution in [0.25, 0.3) is 10.9 Å².